The first-order valence-corrected chi connectivity index (χ1v) is 21.4. The van der Waals surface area contributed by atoms with Gasteiger partial charge in [-0.1, -0.05) is 79.2 Å². The molecule has 12 heteroatoms. The molecule has 0 radical (unpaired) electrons. The van der Waals surface area contributed by atoms with Crippen molar-refractivity contribution in [1.82, 2.24) is 9.80 Å². The number of carbonyl (C=O) groups excluding carboxylic acids is 3. The molecule has 4 aliphatic carbocycles. The van der Waals surface area contributed by atoms with Gasteiger partial charge in [0.25, 0.3) is 0 Å². The molecule has 4 aromatic rings. The predicted molar refractivity (Wildman–Crippen MR) is 220 cm³/mol. The third kappa shape index (κ3) is 9.92. The summed E-state index contributed by atoms with van der Waals surface area (Å²) < 4.78 is 74.0. The van der Waals surface area contributed by atoms with Crippen molar-refractivity contribution in [3.63, 3.8) is 0 Å². The van der Waals surface area contributed by atoms with Crippen LogP contribution in [-0.4, -0.2) is 53.1 Å². The number of amides is 2. The van der Waals surface area contributed by atoms with E-state index in [2.05, 4.69) is 0 Å². The van der Waals surface area contributed by atoms with Crippen LogP contribution >= 0.6 is 0 Å². The molecule has 4 bridgehead atoms. The van der Waals surface area contributed by atoms with Crippen LogP contribution in [0, 0.1) is 58.2 Å². The lowest BCUT2D eigenvalue weighted by Crippen LogP contribution is -2.50. The van der Waals surface area contributed by atoms with Crippen LogP contribution in [0.2, 0.25) is 0 Å². The molecular formula is C48H55F5N4O3. The van der Waals surface area contributed by atoms with Crippen LogP contribution in [0.25, 0.3) is 10.8 Å². The van der Waals surface area contributed by atoms with E-state index in [0.29, 0.717) is 49.1 Å². The fourth-order valence-corrected chi connectivity index (χ4v) is 10.9. The molecule has 4 aliphatic rings. The molecule has 4 saturated carbocycles. The van der Waals surface area contributed by atoms with E-state index >= 15 is 8.78 Å². The highest BCUT2D eigenvalue weighted by atomic mass is 19.2. The zero-order chi connectivity index (χ0) is 42.6. The average molecular weight is 831 g/mol. The van der Waals surface area contributed by atoms with Crippen LogP contribution in [-0.2, 0) is 33.9 Å². The summed E-state index contributed by atoms with van der Waals surface area (Å²) in [7, 11) is 0. The van der Waals surface area contributed by atoms with Crippen molar-refractivity contribution < 1.29 is 36.3 Å². The summed E-state index contributed by atoms with van der Waals surface area (Å²) in [6, 6.07) is 21.4. The minimum Gasteiger partial charge on any atom is -0.333 e. The summed E-state index contributed by atoms with van der Waals surface area (Å²) in [5.74, 6) is -10.5. The Bertz CT molecular complexity index is 2110. The van der Waals surface area contributed by atoms with E-state index in [4.69, 9.17) is 11.5 Å². The van der Waals surface area contributed by atoms with Gasteiger partial charge in [0, 0.05) is 31.5 Å². The quantitative estimate of drug-likeness (QED) is 0.0425. The summed E-state index contributed by atoms with van der Waals surface area (Å²) >= 11 is 0. The van der Waals surface area contributed by atoms with E-state index in [9.17, 15) is 27.6 Å². The number of benzene rings is 4. The van der Waals surface area contributed by atoms with Crippen LogP contribution in [0.3, 0.4) is 0 Å². The number of halogens is 5. The summed E-state index contributed by atoms with van der Waals surface area (Å²) in [4.78, 5) is 45.8. The highest BCUT2D eigenvalue weighted by Crippen LogP contribution is 2.61. The molecule has 0 unspecified atom stereocenters. The van der Waals surface area contributed by atoms with E-state index in [-0.39, 0.29) is 43.0 Å². The Hall–Kier alpha value is -4.68. The maximum atomic E-state index is 15.3. The number of hydrogen-bond acceptors (Lipinski definition) is 5. The first kappa shape index (κ1) is 43.4. The van der Waals surface area contributed by atoms with Crippen molar-refractivity contribution in [3.05, 3.63) is 119 Å². The molecule has 7 nitrogen and oxygen atoms in total. The van der Waals surface area contributed by atoms with Gasteiger partial charge < -0.3 is 21.3 Å². The lowest BCUT2D eigenvalue weighted by atomic mass is 9.49. The molecule has 2 amide bonds. The third-order valence-electron chi connectivity index (χ3n) is 13.3. The largest absolute Gasteiger partial charge is 0.333 e. The number of nitrogens with two attached hydrogens (primary N) is 2. The second-order valence-corrected chi connectivity index (χ2v) is 17.9. The van der Waals surface area contributed by atoms with Gasteiger partial charge in [-0.15, -0.1) is 0 Å². The smallest absolute Gasteiger partial charge is 0.242 e. The van der Waals surface area contributed by atoms with Crippen LogP contribution < -0.4 is 11.5 Å². The van der Waals surface area contributed by atoms with Gasteiger partial charge in [-0.2, -0.15) is 0 Å². The summed E-state index contributed by atoms with van der Waals surface area (Å²) in [6.45, 7) is -1.24. The maximum Gasteiger partial charge on any atom is 0.242 e. The van der Waals surface area contributed by atoms with Crippen molar-refractivity contribution in [3.8, 4) is 0 Å². The molecule has 60 heavy (non-hydrogen) atoms. The van der Waals surface area contributed by atoms with Gasteiger partial charge in [0.15, 0.2) is 23.3 Å². The number of unbranched alkanes of at least 4 members (excludes halogenated alkanes) is 1. The fourth-order valence-electron chi connectivity index (χ4n) is 10.9. The van der Waals surface area contributed by atoms with Crippen LogP contribution in [0.5, 0.6) is 0 Å². The number of hydrogen-bond donors (Lipinski definition) is 2. The van der Waals surface area contributed by atoms with E-state index < -0.39 is 65.6 Å². The van der Waals surface area contributed by atoms with Gasteiger partial charge in [0.2, 0.25) is 17.6 Å². The zero-order valence-electron chi connectivity index (χ0n) is 34.0. The van der Waals surface area contributed by atoms with E-state index in [1.54, 1.807) is 18.2 Å². The number of ketones is 1. The zero-order valence-corrected chi connectivity index (χ0v) is 34.0. The summed E-state index contributed by atoms with van der Waals surface area (Å²) in [5.41, 5.74) is 12.2. The molecule has 8 rings (SSSR count). The number of Topliss-reactive ketones (excluding diaryl/α,β-unsaturated/α-hetero) is 1. The van der Waals surface area contributed by atoms with Crippen LogP contribution in [0.15, 0.2) is 72.8 Å². The van der Waals surface area contributed by atoms with E-state index in [1.165, 1.54) is 24.2 Å². The highest BCUT2D eigenvalue weighted by molar-refractivity contribution is 5.88. The van der Waals surface area contributed by atoms with Gasteiger partial charge in [-0.3, -0.25) is 14.4 Å². The Balaban J connectivity index is 1.23. The van der Waals surface area contributed by atoms with E-state index in [0.717, 1.165) is 46.9 Å². The van der Waals surface area contributed by atoms with Crippen molar-refractivity contribution in [2.45, 2.75) is 96.2 Å². The molecule has 4 N–H and O–H groups in total. The minimum atomic E-state index is -2.29. The molecule has 4 fully saturated rings. The average Bonchev–Trinajstić information content (AvgIpc) is 3.22. The number of rotatable bonds is 19. The predicted octanol–water partition coefficient (Wildman–Crippen LogP) is 8.77. The summed E-state index contributed by atoms with van der Waals surface area (Å²) in [6.07, 6.45) is 8.85. The highest BCUT2D eigenvalue weighted by Gasteiger charge is 2.52. The van der Waals surface area contributed by atoms with Gasteiger partial charge in [0.1, 0.15) is 5.78 Å². The van der Waals surface area contributed by atoms with E-state index in [1.807, 2.05) is 54.6 Å². The molecular weight excluding hydrogens is 776 g/mol. The lowest BCUT2D eigenvalue weighted by molar-refractivity contribution is -0.146. The topological polar surface area (TPSA) is 110 Å². The van der Waals surface area contributed by atoms with Gasteiger partial charge in [0.05, 0.1) is 19.1 Å². The Kier molecular flexibility index (Phi) is 13.7. The molecule has 0 heterocycles. The molecule has 0 spiro atoms. The van der Waals surface area contributed by atoms with Gasteiger partial charge in [-0.05, 0) is 115 Å². The molecule has 4 aromatic carbocycles. The Morgan fingerprint density at radius 3 is 1.95 bits per heavy atom. The van der Waals surface area contributed by atoms with Crippen molar-refractivity contribution >= 4 is 28.4 Å². The number of fused-ring (bicyclic) bond motifs is 1. The van der Waals surface area contributed by atoms with Gasteiger partial charge in [-0.25, -0.2) is 22.0 Å². The fraction of sp³-hybridized carbons (Fsp3) is 0.479. The molecule has 2 atom stereocenters. The Morgan fingerprint density at radius 1 is 0.700 bits per heavy atom. The summed E-state index contributed by atoms with van der Waals surface area (Å²) in [5, 5.41) is 1.55. The first-order valence-electron chi connectivity index (χ1n) is 21.4. The monoisotopic (exact) mass is 830 g/mol. The minimum absolute atomic E-state index is 0.0116. The van der Waals surface area contributed by atoms with Crippen molar-refractivity contribution in [2.75, 3.05) is 19.6 Å². The Morgan fingerprint density at radius 2 is 1.30 bits per heavy atom. The number of nitrogens with zero attached hydrogens (tertiary/aromatic N) is 2. The Labute approximate surface area is 348 Å². The molecule has 0 saturated heterocycles. The normalized spacial score (nSPS) is 21.6. The SMILES string of the molecule is NCCCC[C@H](N)C(=O)C[C@@H](Cc1ccccc1)CN(CC(=O)N(Cc1c(F)c(F)c(F)c(F)c1F)Cc1cccc2ccccc12)C(=O)CC12CC3CC(CC(C3)C1)C2. The second kappa shape index (κ2) is 18.9. The van der Waals surface area contributed by atoms with Crippen molar-refractivity contribution in [2.24, 2.45) is 40.6 Å². The second-order valence-electron chi connectivity index (χ2n) is 17.9. The lowest BCUT2D eigenvalue weighted by Gasteiger charge is -2.57. The number of carbonyl (C=O) groups is 3. The third-order valence-corrected chi connectivity index (χ3v) is 13.3. The van der Waals surface area contributed by atoms with Gasteiger partial charge >= 0.3 is 0 Å². The van der Waals surface area contributed by atoms with Crippen LogP contribution in [0.4, 0.5) is 22.0 Å². The first-order chi connectivity index (χ1) is 28.8. The van der Waals surface area contributed by atoms with Crippen molar-refractivity contribution in [1.29, 1.82) is 0 Å². The molecule has 320 valence electrons. The molecule has 0 aromatic heterocycles. The maximum absolute atomic E-state index is 15.3. The standard InChI is InChI=1S/C48H55F5N4O3/c49-43-38(44(50)46(52)47(53)45(43)51)28-57(27-36-13-8-12-35-11-4-5-14-37(35)36)42(60)29-56(41(59)25-48-22-31-18-32(23-48)20-33(19-31)24-48)26-34(17-30-9-2-1-3-10-30)21-40(58)39(55)15-6-7-16-54/h1-5,8-14,31-34,39H,6-7,15-29,54-55H2/t31?,32?,33?,34-,39+,48?/m1/s1. The molecule has 0 aliphatic heterocycles. The van der Waals surface area contributed by atoms with Crippen LogP contribution in [0.1, 0.15) is 87.3 Å².